The van der Waals surface area contributed by atoms with E-state index in [2.05, 4.69) is 22.2 Å². The van der Waals surface area contributed by atoms with Crippen LogP contribution in [0, 0.1) is 5.92 Å². The minimum absolute atomic E-state index is 0.260. The van der Waals surface area contributed by atoms with Crippen molar-refractivity contribution in [1.82, 2.24) is 10.1 Å². The van der Waals surface area contributed by atoms with E-state index in [1.807, 2.05) is 54.6 Å². The Morgan fingerprint density at radius 2 is 1.67 bits per heavy atom. The summed E-state index contributed by atoms with van der Waals surface area (Å²) < 4.78 is 5.53. The van der Waals surface area contributed by atoms with Crippen LogP contribution in [-0.4, -0.2) is 34.4 Å². The van der Waals surface area contributed by atoms with E-state index in [1.54, 1.807) is 0 Å². The first-order valence-electron chi connectivity index (χ1n) is 9.73. The van der Waals surface area contributed by atoms with Gasteiger partial charge in [0.05, 0.1) is 12.6 Å². The third kappa shape index (κ3) is 4.65. The van der Waals surface area contributed by atoms with Crippen LogP contribution in [0.25, 0.3) is 11.3 Å². The van der Waals surface area contributed by atoms with Crippen molar-refractivity contribution >= 4 is 0 Å². The summed E-state index contributed by atoms with van der Waals surface area (Å²) >= 11 is 0. The van der Waals surface area contributed by atoms with Gasteiger partial charge in [-0.2, -0.15) is 0 Å². The Labute approximate surface area is 160 Å². The number of hydrogen-bond donors (Lipinski definition) is 1. The molecule has 4 rings (SSSR count). The first-order valence-corrected chi connectivity index (χ1v) is 9.73. The van der Waals surface area contributed by atoms with Gasteiger partial charge >= 0.3 is 0 Å². The fourth-order valence-corrected chi connectivity index (χ4v) is 3.87. The molecule has 1 atom stereocenters. The van der Waals surface area contributed by atoms with E-state index < -0.39 is 0 Å². The molecule has 27 heavy (non-hydrogen) atoms. The molecule has 0 amide bonds. The lowest BCUT2D eigenvalue weighted by Gasteiger charge is -2.33. The van der Waals surface area contributed by atoms with Gasteiger partial charge in [-0.05, 0) is 43.8 Å². The van der Waals surface area contributed by atoms with E-state index in [4.69, 9.17) is 4.52 Å². The molecule has 1 N–H and O–H groups in total. The van der Waals surface area contributed by atoms with Crippen molar-refractivity contribution in [3.63, 3.8) is 0 Å². The zero-order valence-corrected chi connectivity index (χ0v) is 15.5. The average Bonchev–Trinajstić information content (AvgIpc) is 3.18. The zero-order valence-electron chi connectivity index (χ0n) is 15.5. The Morgan fingerprint density at radius 1 is 1.00 bits per heavy atom. The SMILES string of the molecule is O[C@@H](Cc1ccccc1)C1CCN(Cc2cc(-c3ccccc3)no2)CC1. The normalized spacial score (nSPS) is 17.1. The van der Waals surface area contributed by atoms with Crippen LogP contribution in [-0.2, 0) is 13.0 Å². The Bertz CT molecular complexity index is 824. The van der Waals surface area contributed by atoms with Crippen LogP contribution < -0.4 is 0 Å². The van der Waals surface area contributed by atoms with Crippen molar-refractivity contribution in [1.29, 1.82) is 0 Å². The Morgan fingerprint density at radius 3 is 2.37 bits per heavy atom. The molecule has 0 unspecified atom stereocenters. The molecule has 0 saturated carbocycles. The molecule has 0 aliphatic carbocycles. The predicted octanol–water partition coefficient (Wildman–Crippen LogP) is 4.16. The second kappa shape index (κ2) is 8.51. The van der Waals surface area contributed by atoms with Crippen LogP contribution >= 0.6 is 0 Å². The summed E-state index contributed by atoms with van der Waals surface area (Å²) in [5.74, 6) is 1.27. The standard InChI is InChI=1S/C23H26N2O2/c26-23(15-18-7-3-1-4-8-18)20-11-13-25(14-12-20)17-21-16-22(24-27-21)19-9-5-2-6-10-19/h1-10,16,20,23,26H,11-15,17H2/t23-/m0/s1. The lowest BCUT2D eigenvalue weighted by atomic mass is 9.88. The summed E-state index contributed by atoms with van der Waals surface area (Å²) in [5.41, 5.74) is 3.18. The lowest BCUT2D eigenvalue weighted by Crippen LogP contribution is -2.38. The van der Waals surface area contributed by atoms with E-state index in [9.17, 15) is 5.11 Å². The molecule has 3 aromatic rings. The van der Waals surface area contributed by atoms with E-state index in [1.165, 1.54) is 5.56 Å². The van der Waals surface area contributed by atoms with E-state index in [-0.39, 0.29) is 6.10 Å². The third-order valence-electron chi connectivity index (χ3n) is 5.47. The number of aliphatic hydroxyl groups is 1. The zero-order chi connectivity index (χ0) is 18.5. The number of piperidine rings is 1. The maximum atomic E-state index is 10.6. The molecule has 2 heterocycles. The van der Waals surface area contributed by atoms with Crippen LogP contribution in [0.4, 0.5) is 0 Å². The number of benzene rings is 2. The summed E-state index contributed by atoms with van der Waals surface area (Å²) in [5, 5.41) is 14.8. The number of aliphatic hydroxyl groups excluding tert-OH is 1. The van der Waals surface area contributed by atoms with Gasteiger partial charge in [-0.1, -0.05) is 65.8 Å². The largest absolute Gasteiger partial charge is 0.392 e. The molecule has 1 aromatic heterocycles. The smallest absolute Gasteiger partial charge is 0.151 e. The Kier molecular flexibility index (Phi) is 5.66. The van der Waals surface area contributed by atoms with Gasteiger partial charge in [-0.25, -0.2) is 0 Å². The fraction of sp³-hybridized carbons (Fsp3) is 0.348. The van der Waals surface area contributed by atoms with Crippen molar-refractivity contribution in [2.24, 2.45) is 5.92 Å². The van der Waals surface area contributed by atoms with Crippen LogP contribution in [0.5, 0.6) is 0 Å². The van der Waals surface area contributed by atoms with Gasteiger partial charge in [0.2, 0.25) is 0 Å². The molecule has 1 aliphatic rings. The molecule has 4 heteroatoms. The fourth-order valence-electron chi connectivity index (χ4n) is 3.87. The van der Waals surface area contributed by atoms with Crippen LogP contribution in [0.2, 0.25) is 0 Å². The highest BCUT2D eigenvalue weighted by molar-refractivity contribution is 5.58. The minimum Gasteiger partial charge on any atom is -0.392 e. The van der Waals surface area contributed by atoms with Crippen LogP contribution in [0.15, 0.2) is 71.3 Å². The average molecular weight is 362 g/mol. The summed E-state index contributed by atoms with van der Waals surface area (Å²) in [7, 11) is 0. The number of nitrogens with zero attached hydrogens (tertiary/aromatic N) is 2. The highest BCUT2D eigenvalue weighted by Crippen LogP contribution is 2.25. The van der Waals surface area contributed by atoms with Crippen molar-refractivity contribution in [3.8, 4) is 11.3 Å². The van der Waals surface area contributed by atoms with Gasteiger partial charge in [0, 0.05) is 11.6 Å². The maximum Gasteiger partial charge on any atom is 0.151 e. The quantitative estimate of drug-likeness (QED) is 0.715. The van der Waals surface area contributed by atoms with Crippen molar-refractivity contribution in [2.45, 2.75) is 31.9 Å². The molecular formula is C23H26N2O2. The Hall–Kier alpha value is -2.43. The van der Waals surface area contributed by atoms with E-state index in [0.29, 0.717) is 5.92 Å². The second-order valence-corrected chi connectivity index (χ2v) is 7.42. The molecule has 1 aliphatic heterocycles. The van der Waals surface area contributed by atoms with E-state index >= 15 is 0 Å². The van der Waals surface area contributed by atoms with Crippen LogP contribution in [0.1, 0.15) is 24.2 Å². The van der Waals surface area contributed by atoms with Crippen molar-refractivity contribution < 1.29 is 9.63 Å². The highest BCUT2D eigenvalue weighted by Gasteiger charge is 2.26. The summed E-state index contributed by atoms with van der Waals surface area (Å²) in [4.78, 5) is 2.39. The number of hydrogen-bond acceptors (Lipinski definition) is 4. The van der Waals surface area contributed by atoms with Gasteiger partial charge in [-0.3, -0.25) is 4.90 Å². The van der Waals surface area contributed by atoms with Crippen molar-refractivity contribution in [2.75, 3.05) is 13.1 Å². The van der Waals surface area contributed by atoms with Gasteiger partial charge < -0.3 is 9.63 Å². The monoisotopic (exact) mass is 362 g/mol. The van der Waals surface area contributed by atoms with Gasteiger partial charge in [0.1, 0.15) is 5.69 Å². The molecule has 2 aromatic carbocycles. The molecule has 4 nitrogen and oxygen atoms in total. The molecular weight excluding hydrogens is 336 g/mol. The first-order chi connectivity index (χ1) is 13.3. The molecule has 1 saturated heterocycles. The molecule has 0 bridgehead atoms. The minimum atomic E-state index is -0.260. The number of rotatable bonds is 6. The molecule has 1 fully saturated rings. The number of aromatic nitrogens is 1. The third-order valence-corrected chi connectivity index (χ3v) is 5.47. The summed E-state index contributed by atoms with van der Waals surface area (Å²) in [6.45, 7) is 2.75. The first kappa shape index (κ1) is 18.0. The second-order valence-electron chi connectivity index (χ2n) is 7.42. The lowest BCUT2D eigenvalue weighted by molar-refractivity contribution is 0.0552. The summed E-state index contributed by atoms with van der Waals surface area (Å²) in [6.07, 6.45) is 2.53. The van der Waals surface area contributed by atoms with Gasteiger partial charge in [0.25, 0.3) is 0 Å². The predicted molar refractivity (Wildman–Crippen MR) is 106 cm³/mol. The Balaban J connectivity index is 1.28. The summed E-state index contributed by atoms with van der Waals surface area (Å²) in [6, 6.07) is 22.4. The highest BCUT2D eigenvalue weighted by atomic mass is 16.5. The van der Waals surface area contributed by atoms with Gasteiger partial charge in [0.15, 0.2) is 5.76 Å². The van der Waals surface area contributed by atoms with Gasteiger partial charge in [-0.15, -0.1) is 0 Å². The molecule has 0 spiro atoms. The topological polar surface area (TPSA) is 49.5 Å². The molecule has 0 radical (unpaired) electrons. The van der Waals surface area contributed by atoms with Crippen molar-refractivity contribution in [3.05, 3.63) is 78.1 Å². The van der Waals surface area contributed by atoms with Crippen LogP contribution in [0.3, 0.4) is 0 Å². The maximum absolute atomic E-state index is 10.6. The molecule has 140 valence electrons. The number of likely N-dealkylation sites (tertiary alicyclic amines) is 1. The van der Waals surface area contributed by atoms with E-state index in [0.717, 1.165) is 55.9 Å².